The van der Waals surface area contributed by atoms with Crippen LogP contribution in [0.5, 0.6) is 0 Å². The molecular weight excluding hydrogens is 211 g/mol. The zero-order valence-electron chi connectivity index (χ0n) is 7.38. The van der Waals surface area contributed by atoms with E-state index in [2.05, 4.69) is 37.4 Å². The van der Waals surface area contributed by atoms with Crippen molar-refractivity contribution < 1.29 is 32.7 Å². The van der Waals surface area contributed by atoms with E-state index in [1.807, 2.05) is 0 Å². The van der Waals surface area contributed by atoms with Gasteiger partial charge in [0.05, 0.1) is 0 Å². The predicted molar refractivity (Wildman–Crippen MR) is 43.1 cm³/mol. The first-order valence-corrected chi connectivity index (χ1v) is 3.95. The monoisotopic (exact) mass is 226 g/mol. The molecule has 0 aromatic carbocycles. The molecule has 0 aromatic heterocycles. The molecule has 0 fully saturated rings. The van der Waals surface area contributed by atoms with Crippen LogP contribution in [0, 0.1) is 18.5 Å². The molecule has 0 bridgehead atoms. The molecule has 0 aromatic rings. The third kappa shape index (κ3) is 4.97. The number of hydrogen-bond acceptors (Lipinski definition) is 1. The molecule has 1 aliphatic heterocycles. The third-order valence-corrected chi connectivity index (χ3v) is 1.61. The molecule has 0 saturated carbocycles. The largest absolute Gasteiger partial charge is 0.578 e. The molecule has 61 valence electrons. The van der Waals surface area contributed by atoms with Crippen LogP contribution in [0.25, 0.3) is 0 Å². The van der Waals surface area contributed by atoms with Crippen LogP contribution in [-0.2, 0) is 32.7 Å². The van der Waals surface area contributed by atoms with E-state index < -0.39 is 0 Å². The number of hydrogen-bond donors (Lipinski definition) is 0. The van der Waals surface area contributed by atoms with E-state index in [0.717, 1.165) is 13.1 Å². The van der Waals surface area contributed by atoms with Gasteiger partial charge in [-0.05, 0) is 6.54 Å². The second-order valence-electron chi connectivity index (χ2n) is 3.05. The van der Waals surface area contributed by atoms with Gasteiger partial charge in [0, 0.05) is 32.7 Å². The molecule has 1 nitrogen and oxygen atoms in total. The summed E-state index contributed by atoms with van der Waals surface area (Å²) < 4.78 is 0. The van der Waals surface area contributed by atoms with E-state index in [4.69, 9.17) is 0 Å². The Balaban J connectivity index is 0.000001000. The second kappa shape index (κ2) is 6.19. The molecule has 0 amide bonds. The van der Waals surface area contributed by atoms with Gasteiger partial charge in [-0.3, -0.25) is 6.08 Å². The first-order chi connectivity index (χ1) is 4.79. The fourth-order valence-corrected chi connectivity index (χ4v) is 0.961. The van der Waals surface area contributed by atoms with Crippen LogP contribution in [0.15, 0.2) is 6.08 Å². The minimum absolute atomic E-state index is 0. The van der Waals surface area contributed by atoms with Crippen molar-refractivity contribution in [2.75, 3.05) is 13.1 Å². The number of rotatable bonds is 3. The average Bonchev–Trinajstić information content (AvgIpc) is 2.34. The summed E-state index contributed by atoms with van der Waals surface area (Å²) in [5.74, 6) is 0.697. The zero-order chi connectivity index (χ0) is 7.40. The van der Waals surface area contributed by atoms with Crippen molar-refractivity contribution in [3.63, 3.8) is 0 Å². The molecule has 1 radical (unpaired) electrons. The molecule has 1 heterocycles. The van der Waals surface area contributed by atoms with Gasteiger partial charge in [-0.25, -0.2) is 0 Å². The molecule has 0 unspecified atom stereocenters. The summed E-state index contributed by atoms with van der Waals surface area (Å²) in [5.41, 5.74) is 0. The summed E-state index contributed by atoms with van der Waals surface area (Å²) in [7, 11) is 0. The van der Waals surface area contributed by atoms with Crippen molar-refractivity contribution >= 4 is 0 Å². The van der Waals surface area contributed by atoms with Crippen molar-refractivity contribution in [1.82, 2.24) is 4.90 Å². The Kier molecular flexibility index (Phi) is 6.55. The molecule has 1 rings (SSSR count). The van der Waals surface area contributed by atoms with Crippen LogP contribution in [0.4, 0.5) is 0 Å². The quantitative estimate of drug-likeness (QED) is 0.664. The van der Waals surface area contributed by atoms with Crippen molar-refractivity contribution in [2.24, 2.45) is 5.92 Å². The van der Waals surface area contributed by atoms with Crippen molar-refractivity contribution in [2.45, 2.75) is 20.3 Å². The van der Waals surface area contributed by atoms with Crippen LogP contribution in [0.1, 0.15) is 20.3 Å². The SMILES string of the molecule is CC(C)[CH-]CN1[C-]=CCC1.[Y]. The smallest absolute Gasteiger partial charge is 0 e. The Bertz CT molecular complexity index is 121. The summed E-state index contributed by atoms with van der Waals surface area (Å²) in [5, 5.41) is 0. The van der Waals surface area contributed by atoms with Gasteiger partial charge in [0.2, 0.25) is 0 Å². The zero-order valence-corrected chi connectivity index (χ0v) is 10.2. The minimum Gasteiger partial charge on any atom is -0.578 e. The normalized spacial score (nSPS) is 15.7. The maximum Gasteiger partial charge on any atom is 0 e. The number of nitrogens with zero attached hydrogens (tertiary/aromatic N) is 1. The van der Waals surface area contributed by atoms with Crippen LogP contribution >= 0.6 is 0 Å². The van der Waals surface area contributed by atoms with Crippen LogP contribution in [-0.4, -0.2) is 18.0 Å². The van der Waals surface area contributed by atoms with Crippen LogP contribution < -0.4 is 0 Å². The molecule has 0 N–H and O–H groups in total. The Morgan fingerprint density at radius 2 is 2.36 bits per heavy atom. The van der Waals surface area contributed by atoms with E-state index in [-0.39, 0.29) is 32.7 Å². The third-order valence-electron chi connectivity index (χ3n) is 1.61. The van der Waals surface area contributed by atoms with Gasteiger partial charge in [0.25, 0.3) is 0 Å². The van der Waals surface area contributed by atoms with Gasteiger partial charge in [-0.1, -0.05) is 20.3 Å². The summed E-state index contributed by atoms with van der Waals surface area (Å²) >= 11 is 0. The standard InChI is InChI=1S/C9H15N.Y/c1-9(2)5-8-10-6-3-4-7-10;/h3,5,9H,4,7-8H2,1-2H3;/q-2;. The maximum absolute atomic E-state index is 3.19. The second-order valence-corrected chi connectivity index (χ2v) is 3.05. The first-order valence-electron chi connectivity index (χ1n) is 3.95. The Morgan fingerprint density at radius 1 is 1.64 bits per heavy atom. The fraction of sp³-hybridized carbons (Fsp3) is 0.667. The molecule has 2 heteroatoms. The van der Waals surface area contributed by atoms with Crippen LogP contribution in [0.3, 0.4) is 0 Å². The topological polar surface area (TPSA) is 3.24 Å². The van der Waals surface area contributed by atoms with E-state index in [0.29, 0.717) is 5.92 Å². The van der Waals surface area contributed by atoms with Gasteiger partial charge >= 0.3 is 0 Å². The maximum atomic E-state index is 3.19. The molecule has 0 aliphatic carbocycles. The average molecular weight is 226 g/mol. The van der Waals surface area contributed by atoms with E-state index in [9.17, 15) is 0 Å². The first kappa shape index (κ1) is 11.6. The van der Waals surface area contributed by atoms with Gasteiger partial charge in [0.1, 0.15) is 0 Å². The molecule has 1 aliphatic rings. The van der Waals surface area contributed by atoms with Crippen molar-refractivity contribution in [3.8, 4) is 0 Å². The summed E-state index contributed by atoms with van der Waals surface area (Å²) in [6, 6.07) is 0. The van der Waals surface area contributed by atoms with Crippen molar-refractivity contribution in [3.05, 3.63) is 18.7 Å². The predicted octanol–water partition coefficient (Wildman–Crippen LogP) is 1.87. The summed E-state index contributed by atoms with van der Waals surface area (Å²) in [4.78, 5) is 2.22. The summed E-state index contributed by atoms with van der Waals surface area (Å²) in [6.07, 6.45) is 8.78. The van der Waals surface area contributed by atoms with Crippen LogP contribution in [0.2, 0.25) is 0 Å². The minimum atomic E-state index is 0. The van der Waals surface area contributed by atoms with E-state index in [1.54, 1.807) is 0 Å². The summed E-state index contributed by atoms with van der Waals surface area (Å²) in [6.45, 7) is 6.64. The van der Waals surface area contributed by atoms with E-state index >= 15 is 0 Å². The molecule has 0 saturated heterocycles. The van der Waals surface area contributed by atoms with Gasteiger partial charge in [-0.2, -0.15) is 5.92 Å². The Labute approximate surface area is 95.1 Å². The van der Waals surface area contributed by atoms with Gasteiger partial charge < -0.3 is 17.5 Å². The Morgan fingerprint density at radius 3 is 2.82 bits per heavy atom. The molecule has 11 heavy (non-hydrogen) atoms. The molecule has 0 spiro atoms. The van der Waals surface area contributed by atoms with Gasteiger partial charge in [0.15, 0.2) is 0 Å². The van der Waals surface area contributed by atoms with Crippen molar-refractivity contribution in [1.29, 1.82) is 0 Å². The van der Waals surface area contributed by atoms with E-state index in [1.165, 1.54) is 6.42 Å². The Hall–Kier alpha value is 0.644. The molecule has 0 atom stereocenters. The van der Waals surface area contributed by atoms with Gasteiger partial charge in [-0.15, -0.1) is 6.54 Å². The fourth-order valence-electron chi connectivity index (χ4n) is 0.961. The molecular formula is C9H15NY-2.